The number of hydrogen-bond donors (Lipinski definition) is 1. The number of aliphatic carboxylic acids is 1. The van der Waals surface area contributed by atoms with Crippen LogP contribution in [-0.4, -0.2) is 42.4 Å². The smallest absolute Gasteiger partial charge is 0.187 e. The summed E-state index contributed by atoms with van der Waals surface area (Å²) in [5.74, 6) is -0.995. The zero-order chi connectivity index (χ0) is 22.4. The molecule has 29 heavy (non-hydrogen) atoms. The van der Waals surface area contributed by atoms with E-state index in [9.17, 15) is 15.0 Å². The van der Waals surface area contributed by atoms with E-state index in [1.165, 1.54) is 110 Å². The zero-order valence-corrected chi connectivity index (χ0v) is 20.5. The number of aliphatic hydroxyl groups excluding tert-OH is 1. The highest BCUT2D eigenvalue weighted by molar-refractivity contribution is 5.63. The zero-order valence-electron chi connectivity index (χ0n) is 20.5. The Morgan fingerprint density at radius 2 is 1.00 bits per heavy atom. The molecule has 0 aromatic heterocycles. The number of aliphatic hydroxyl groups is 1. The molecule has 0 spiro atoms. The van der Waals surface area contributed by atoms with Crippen LogP contribution in [0.1, 0.15) is 130 Å². The number of nitrogens with zero attached hydrogens (tertiary/aromatic N) is 1. The van der Waals surface area contributed by atoms with Gasteiger partial charge in [0.05, 0.1) is 20.6 Å². The third kappa shape index (κ3) is 25.4. The molecule has 0 aromatic carbocycles. The summed E-state index contributed by atoms with van der Waals surface area (Å²) in [6, 6.07) is 0. The molecule has 176 valence electrons. The summed E-state index contributed by atoms with van der Waals surface area (Å²) in [5, 5.41) is 18.9. The second-order valence-electron chi connectivity index (χ2n) is 9.16. The Morgan fingerprint density at radius 3 is 1.24 bits per heavy atom. The summed E-state index contributed by atoms with van der Waals surface area (Å²) in [4.78, 5) is 9.26. The lowest BCUT2D eigenvalue weighted by Crippen LogP contribution is -2.47. The third-order valence-corrected chi connectivity index (χ3v) is 5.89. The van der Waals surface area contributed by atoms with E-state index in [0.717, 1.165) is 11.0 Å². The Bertz CT molecular complexity index is 343. The quantitative estimate of drug-likeness (QED) is 0.164. The predicted molar refractivity (Wildman–Crippen MR) is 124 cm³/mol. The molecular weight excluding hydrogens is 362 g/mol. The Kier molecular flexibility index (Phi) is 23.3. The van der Waals surface area contributed by atoms with Gasteiger partial charge in [0.2, 0.25) is 0 Å². The van der Waals surface area contributed by atoms with Gasteiger partial charge in [-0.3, -0.25) is 0 Å². The SMILES string of the molecule is CCC(=O)[O-].CCCCCCCCCCCCCCCCCC[N+](C)(C)C(C)O. The second-order valence-corrected chi connectivity index (χ2v) is 9.16. The van der Waals surface area contributed by atoms with Crippen LogP contribution in [0.2, 0.25) is 0 Å². The summed E-state index contributed by atoms with van der Waals surface area (Å²) in [7, 11) is 4.24. The molecule has 0 aliphatic rings. The van der Waals surface area contributed by atoms with E-state index in [1.807, 2.05) is 6.92 Å². The maximum Gasteiger partial charge on any atom is 0.187 e. The highest BCUT2D eigenvalue weighted by Crippen LogP contribution is 2.14. The van der Waals surface area contributed by atoms with Crippen molar-refractivity contribution < 1.29 is 19.5 Å². The van der Waals surface area contributed by atoms with Gasteiger partial charge in [-0.2, -0.15) is 0 Å². The number of carboxylic acid groups (broad SMARTS) is 1. The van der Waals surface area contributed by atoms with Gasteiger partial charge in [-0.25, -0.2) is 0 Å². The van der Waals surface area contributed by atoms with Crippen LogP contribution in [0.3, 0.4) is 0 Å². The molecule has 4 heteroatoms. The standard InChI is InChI=1S/C22H48NO.C3H6O2/c1-5-6-7-8-9-10-11-12-13-14-15-16-17-18-19-20-21-23(3,4)22(2)24;1-2-3(4)5/h22,24H,5-21H2,1-4H3;2H2,1H3,(H,4,5)/q+1;/p-1. The van der Waals surface area contributed by atoms with Gasteiger partial charge in [0.15, 0.2) is 6.23 Å². The summed E-state index contributed by atoms with van der Waals surface area (Å²) < 4.78 is 0.735. The third-order valence-electron chi connectivity index (χ3n) is 5.89. The molecule has 0 heterocycles. The van der Waals surface area contributed by atoms with E-state index in [0.29, 0.717) is 0 Å². The molecule has 0 amide bonds. The van der Waals surface area contributed by atoms with Crippen molar-refractivity contribution in [2.24, 2.45) is 0 Å². The largest absolute Gasteiger partial charge is 0.550 e. The van der Waals surface area contributed by atoms with Gasteiger partial charge < -0.3 is 19.5 Å². The van der Waals surface area contributed by atoms with Crippen LogP contribution < -0.4 is 5.11 Å². The molecule has 0 aliphatic carbocycles. The Morgan fingerprint density at radius 1 is 0.724 bits per heavy atom. The monoisotopic (exact) mass is 415 g/mol. The molecule has 0 bridgehead atoms. The number of quaternary nitrogens is 1. The molecule has 0 radical (unpaired) electrons. The predicted octanol–water partition coefficient (Wildman–Crippen LogP) is 5.81. The van der Waals surface area contributed by atoms with Gasteiger partial charge in [0, 0.05) is 12.9 Å². The van der Waals surface area contributed by atoms with Gasteiger partial charge in [0.1, 0.15) is 0 Å². The maximum atomic E-state index is 9.68. The summed E-state index contributed by atoms with van der Waals surface area (Å²) >= 11 is 0. The van der Waals surface area contributed by atoms with Crippen molar-refractivity contribution in [2.45, 2.75) is 136 Å². The average Bonchev–Trinajstić information content (AvgIpc) is 2.68. The molecule has 0 fully saturated rings. The van der Waals surface area contributed by atoms with Crippen LogP contribution in [0.5, 0.6) is 0 Å². The number of carbonyl (C=O) groups is 1. The van der Waals surface area contributed by atoms with Crippen LogP contribution in [0.25, 0.3) is 0 Å². The summed E-state index contributed by atoms with van der Waals surface area (Å²) in [5.41, 5.74) is 0. The first kappa shape index (κ1) is 30.6. The van der Waals surface area contributed by atoms with E-state index in [4.69, 9.17) is 0 Å². The van der Waals surface area contributed by atoms with E-state index in [1.54, 1.807) is 0 Å². The van der Waals surface area contributed by atoms with Crippen molar-refractivity contribution >= 4 is 5.97 Å². The minimum absolute atomic E-state index is 0.111. The topological polar surface area (TPSA) is 60.4 Å². The van der Waals surface area contributed by atoms with Crippen LogP contribution in [0.15, 0.2) is 0 Å². The van der Waals surface area contributed by atoms with Crippen molar-refractivity contribution in [2.75, 3.05) is 20.6 Å². The molecule has 0 saturated carbocycles. The maximum absolute atomic E-state index is 9.68. The van der Waals surface area contributed by atoms with E-state index in [2.05, 4.69) is 21.0 Å². The van der Waals surface area contributed by atoms with Gasteiger partial charge in [0.25, 0.3) is 0 Å². The molecule has 1 N–H and O–H groups in total. The average molecular weight is 416 g/mol. The van der Waals surface area contributed by atoms with Gasteiger partial charge in [-0.1, -0.05) is 104 Å². The lowest BCUT2D eigenvalue weighted by Gasteiger charge is -2.32. The van der Waals surface area contributed by atoms with E-state index < -0.39 is 5.97 Å². The number of hydrogen-bond acceptors (Lipinski definition) is 3. The second kappa shape index (κ2) is 22.1. The van der Waals surface area contributed by atoms with Gasteiger partial charge in [-0.15, -0.1) is 0 Å². The number of rotatable bonds is 19. The number of carbonyl (C=O) groups excluding carboxylic acids is 1. The fourth-order valence-electron chi connectivity index (χ4n) is 3.25. The van der Waals surface area contributed by atoms with Crippen molar-refractivity contribution in [1.82, 2.24) is 0 Å². The highest BCUT2D eigenvalue weighted by Gasteiger charge is 2.20. The lowest BCUT2D eigenvalue weighted by molar-refractivity contribution is -0.934. The fourth-order valence-corrected chi connectivity index (χ4v) is 3.25. The first-order valence-corrected chi connectivity index (χ1v) is 12.5. The Balaban J connectivity index is 0. The minimum Gasteiger partial charge on any atom is -0.550 e. The lowest BCUT2D eigenvalue weighted by atomic mass is 10.0. The molecule has 0 aliphatic heterocycles. The van der Waals surface area contributed by atoms with Crippen molar-refractivity contribution in [3.8, 4) is 0 Å². The first-order valence-electron chi connectivity index (χ1n) is 12.5. The highest BCUT2D eigenvalue weighted by atomic mass is 16.4. The molecule has 0 aromatic rings. The normalized spacial score (nSPS) is 12.3. The van der Waals surface area contributed by atoms with Crippen molar-refractivity contribution in [3.05, 3.63) is 0 Å². The van der Waals surface area contributed by atoms with Crippen LogP contribution in [-0.2, 0) is 4.79 Å². The van der Waals surface area contributed by atoms with Crippen LogP contribution in [0.4, 0.5) is 0 Å². The molecule has 4 nitrogen and oxygen atoms in total. The van der Waals surface area contributed by atoms with E-state index in [-0.39, 0.29) is 12.6 Å². The molecule has 1 atom stereocenters. The summed E-state index contributed by atoms with van der Waals surface area (Å²) in [6.07, 6.45) is 22.5. The number of carboxylic acids is 1. The van der Waals surface area contributed by atoms with Crippen molar-refractivity contribution in [3.63, 3.8) is 0 Å². The Labute approximate surface area is 182 Å². The van der Waals surface area contributed by atoms with E-state index >= 15 is 0 Å². The summed E-state index contributed by atoms with van der Waals surface area (Å²) in [6.45, 7) is 6.82. The van der Waals surface area contributed by atoms with Crippen LogP contribution >= 0.6 is 0 Å². The molecule has 0 saturated heterocycles. The Hall–Kier alpha value is -0.610. The minimum atomic E-state index is -0.995. The van der Waals surface area contributed by atoms with Crippen LogP contribution in [0, 0.1) is 0 Å². The molecule has 1 unspecified atom stereocenters. The van der Waals surface area contributed by atoms with Gasteiger partial charge in [-0.05, 0) is 19.3 Å². The van der Waals surface area contributed by atoms with Crippen molar-refractivity contribution in [1.29, 1.82) is 0 Å². The number of unbranched alkanes of at least 4 members (excludes halogenated alkanes) is 15. The first-order chi connectivity index (χ1) is 13.8. The fraction of sp³-hybridized carbons (Fsp3) is 0.960. The van der Waals surface area contributed by atoms with Gasteiger partial charge >= 0.3 is 0 Å². The molecular formula is C25H53NO3. The molecule has 0 rings (SSSR count).